The van der Waals surface area contributed by atoms with Crippen LogP contribution in [0, 0.1) is 5.92 Å². The van der Waals surface area contributed by atoms with E-state index < -0.39 is 5.60 Å². The first-order chi connectivity index (χ1) is 6.78. The minimum absolute atomic E-state index is 0.0590. The van der Waals surface area contributed by atoms with Gasteiger partial charge >= 0.3 is 0 Å². The summed E-state index contributed by atoms with van der Waals surface area (Å²) in [5, 5.41) is 10.4. The van der Waals surface area contributed by atoms with Crippen molar-refractivity contribution in [2.75, 3.05) is 0 Å². The zero-order valence-corrected chi connectivity index (χ0v) is 10.7. The van der Waals surface area contributed by atoms with E-state index in [0.29, 0.717) is 6.04 Å². The molecule has 0 radical (unpaired) electrons. The topological polar surface area (TPSA) is 23.5 Å². The van der Waals surface area contributed by atoms with Crippen molar-refractivity contribution in [3.8, 4) is 0 Å². The minimum atomic E-state index is -0.567. The van der Waals surface area contributed by atoms with Crippen molar-refractivity contribution >= 4 is 0 Å². The predicted octanol–water partition coefficient (Wildman–Crippen LogP) is 2.41. The molecule has 2 heteroatoms. The average molecular weight is 211 g/mol. The molecule has 3 fully saturated rings. The van der Waals surface area contributed by atoms with Gasteiger partial charge in [-0.1, -0.05) is 6.92 Å². The van der Waals surface area contributed by atoms with Crippen LogP contribution in [0.3, 0.4) is 0 Å². The molecule has 3 atom stereocenters. The van der Waals surface area contributed by atoms with E-state index in [-0.39, 0.29) is 5.54 Å². The molecule has 1 N–H and O–H groups in total. The van der Waals surface area contributed by atoms with E-state index in [1.807, 2.05) is 13.8 Å². The highest BCUT2D eigenvalue weighted by Crippen LogP contribution is 2.55. The van der Waals surface area contributed by atoms with Crippen molar-refractivity contribution in [2.24, 2.45) is 5.92 Å². The molecule has 0 spiro atoms. The first-order valence-electron chi connectivity index (χ1n) is 6.29. The highest BCUT2D eigenvalue weighted by atomic mass is 16.3. The van der Waals surface area contributed by atoms with Crippen LogP contribution in [-0.2, 0) is 0 Å². The van der Waals surface area contributed by atoms with Crippen LogP contribution in [0.4, 0.5) is 0 Å². The van der Waals surface area contributed by atoms with Gasteiger partial charge in [0.05, 0.1) is 11.1 Å². The normalized spacial score (nSPS) is 41.8. The first kappa shape index (κ1) is 11.4. The van der Waals surface area contributed by atoms with Gasteiger partial charge in [-0.05, 0) is 52.9 Å². The van der Waals surface area contributed by atoms with Crippen LogP contribution < -0.4 is 0 Å². The summed E-state index contributed by atoms with van der Waals surface area (Å²) in [4.78, 5) is 2.56. The molecule has 2 saturated heterocycles. The van der Waals surface area contributed by atoms with Gasteiger partial charge in [0.1, 0.15) is 0 Å². The zero-order valence-electron chi connectivity index (χ0n) is 10.7. The van der Waals surface area contributed by atoms with Crippen molar-refractivity contribution in [1.82, 2.24) is 4.90 Å². The van der Waals surface area contributed by atoms with Gasteiger partial charge in [-0.25, -0.2) is 0 Å². The monoisotopic (exact) mass is 211 g/mol. The summed E-state index contributed by atoms with van der Waals surface area (Å²) < 4.78 is 0. The summed E-state index contributed by atoms with van der Waals surface area (Å²) in [6.45, 7) is 10.8. The second-order valence-electron chi connectivity index (χ2n) is 6.49. The largest absolute Gasteiger partial charge is 0.389 e. The van der Waals surface area contributed by atoms with Gasteiger partial charge in [0, 0.05) is 12.1 Å². The lowest BCUT2D eigenvalue weighted by Gasteiger charge is -2.69. The third-order valence-corrected chi connectivity index (χ3v) is 4.52. The lowest BCUT2D eigenvalue weighted by molar-refractivity contribution is -0.229. The molecule has 0 aromatic carbocycles. The molecule has 88 valence electrons. The zero-order chi connectivity index (χ0) is 11.4. The molecule has 0 aromatic rings. The second kappa shape index (κ2) is 3.21. The van der Waals surface area contributed by atoms with Crippen molar-refractivity contribution in [1.29, 1.82) is 0 Å². The molecule has 2 nitrogen and oxygen atoms in total. The number of aliphatic hydroxyl groups is 1. The van der Waals surface area contributed by atoms with Crippen LogP contribution in [0.2, 0.25) is 0 Å². The van der Waals surface area contributed by atoms with Crippen molar-refractivity contribution in [3.63, 3.8) is 0 Å². The Morgan fingerprint density at radius 3 is 2.40 bits per heavy atom. The lowest BCUT2D eigenvalue weighted by atomic mass is 9.57. The van der Waals surface area contributed by atoms with E-state index in [1.165, 1.54) is 12.8 Å². The minimum Gasteiger partial charge on any atom is -0.389 e. The molecule has 3 rings (SSSR count). The molecule has 2 bridgehead atoms. The van der Waals surface area contributed by atoms with Gasteiger partial charge in [0.2, 0.25) is 0 Å². The highest BCUT2D eigenvalue weighted by molar-refractivity contribution is 5.18. The summed E-state index contributed by atoms with van der Waals surface area (Å²) in [5.74, 6) is 0.769. The Morgan fingerprint density at radius 1 is 1.33 bits per heavy atom. The molecule has 0 aromatic heterocycles. The summed E-state index contributed by atoms with van der Waals surface area (Å²) in [6, 6.07) is 1.28. The van der Waals surface area contributed by atoms with Gasteiger partial charge in [0.15, 0.2) is 0 Å². The lowest BCUT2D eigenvalue weighted by Crippen LogP contribution is -2.78. The third kappa shape index (κ3) is 1.45. The molecular weight excluding hydrogens is 186 g/mol. The average Bonchev–Trinajstić information content (AvgIpc) is 1.98. The van der Waals surface area contributed by atoms with Crippen LogP contribution in [0.15, 0.2) is 0 Å². The molecule has 2 heterocycles. The third-order valence-electron chi connectivity index (χ3n) is 4.52. The fraction of sp³-hybridized carbons (Fsp3) is 1.00. The molecule has 3 aliphatic rings. The van der Waals surface area contributed by atoms with Crippen molar-refractivity contribution < 1.29 is 5.11 Å². The Labute approximate surface area is 93.7 Å². The smallest absolute Gasteiger partial charge is 0.0775 e. The molecule has 0 amide bonds. The molecule has 1 saturated carbocycles. The molecular formula is C13H25NO. The van der Waals surface area contributed by atoms with Gasteiger partial charge in [0.25, 0.3) is 0 Å². The maximum atomic E-state index is 10.4. The standard InChI is InChI=1S/C13H25NO/c1-9(2)14-11-6-10(3)7-13(14,8-11)12(4,5)15/h9-11,15H,6-8H2,1-5H3. The maximum absolute atomic E-state index is 10.4. The van der Waals surface area contributed by atoms with Gasteiger partial charge in [-0.2, -0.15) is 0 Å². The van der Waals surface area contributed by atoms with Crippen molar-refractivity contribution in [2.45, 2.75) is 77.1 Å². The van der Waals surface area contributed by atoms with Gasteiger partial charge in [-0.3, -0.25) is 4.90 Å². The first-order valence-corrected chi connectivity index (χ1v) is 6.29. The number of rotatable bonds is 2. The molecule has 2 aliphatic heterocycles. The quantitative estimate of drug-likeness (QED) is 0.758. The van der Waals surface area contributed by atoms with Crippen LogP contribution in [-0.4, -0.2) is 33.2 Å². The second-order valence-corrected chi connectivity index (χ2v) is 6.49. The van der Waals surface area contributed by atoms with E-state index in [0.717, 1.165) is 18.4 Å². The number of piperidine rings is 1. The van der Waals surface area contributed by atoms with E-state index in [1.54, 1.807) is 0 Å². The Morgan fingerprint density at radius 2 is 1.93 bits per heavy atom. The summed E-state index contributed by atoms with van der Waals surface area (Å²) in [6.07, 6.45) is 3.67. The molecule has 15 heavy (non-hydrogen) atoms. The summed E-state index contributed by atoms with van der Waals surface area (Å²) in [5.41, 5.74) is -0.508. The Kier molecular flexibility index (Phi) is 2.44. The van der Waals surface area contributed by atoms with Gasteiger partial charge < -0.3 is 5.11 Å². The van der Waals surface area contributed by atoms with E-state index in [4.69, 9.17) is 0 Å². The Hall–Kier alpha value is -0.0800. The molecule has 3 unspecified atom stereocenters. The van der Waals surface area contributed by atoms with E-state index in [2.05, 4.69) is 25.7 Å². The molecule has 1 aliphatic carbocycles. The predicted molar refractivity (Wildman–Crippen MR) is 62.8 cm³/mol. The number of hydrogen-bond acceptors (Lipinski definition) is 2. The Balaban J connectivity index is 2.28. The number of hydrogen-bond donors (Lipinski definition) is 1. The van der Waals surface area contributed by atoms with Crippen LogP contribution in [0.1, 0.15) is 53.9 Å². The van der Waals surface area contributed by atoms with E-state index in [9.17, 15) is 5.11 Å². The maximum Gasteiger partial charge on any atom is 0.0775 e. The highest BCUT2D eigenvalue weighted by Gasteiger charge is 2.62. The fourth-order valence-electron chi connectivity index (χ4n) is 4.07. The number of nitrogens with zero attached hydrogens (tertiary/aromatic N) is 1. The summed E-state index contributed by atoms with van der Waals surface area (Å²) >= 11 is 0. The van der Waals surface area contributed by atoms with Crippen LogP contribution >= 0.6 is 0 Å². The van der Waals surface area contributed by atoms with Crippen LogP contribution in [0.25, 0.3) is 0 Å². The SMILES string of the molecule is CC1CC2CC(C(C)(C)O)(C1)N2C(C)C. The fourth-order valence-corrected chi connectivity index (χ4v) is 4.07. The van der Waals surface area contributed by atoms with Crippen LogP contribution in [0.5, 0.6) is 0 Å². The summed E-state index contributed by atoms with van der Waals surface area (Å²) in [7, 11) is 0. The van der Waals surface area contributed by atoms with Crippen molar-refractivity contribution in [3.05, 3.63) is 0 Å². The van der Waals surface area contributed by atoms with E-state index >= 15 is 0 Å². The Bertz CT molecular complexity index is 256. The number of fused-ring (bicyclic) bond motifs is 2. The van der Waals surface area contributed by atoms with Gasteiger partial charge in [-0.15, -0.1) is 0 Å².